The minimum atomic E-state index is -2.81. The molecule has 21 heavy (non-hydrogen) atoms. The second-order valence-electron chi connectivity index (χ2n) is 5.51. The van der Waals surface area contributed by atoms with E-state index >= 15 is 0 Å². The van der Waals surface area contributed by atoms with Gasteiger partial charge in [0, 0.05) is 18.4 Å². The number of benzene rings is 1. The Kier molecular flexibility index (Phi) is 4.49. The van der Waals surface area contributed by atoms with Gasteiger partial charge >= 0.3 is 0 Å². The molecule has 1 amide bonds. The molecular weight excluding hydrogens is 305 g/mol. The van der Waals surface area contributed by atoms with Crippen molar-refractivity contribution in [2.45, 2.75) is 36.8 Å². The maximum atomic E-state index is 13.1. The number of hydrogen-bond donors (Lipinski definition) is 2. The second-order valence-corrected chi connectivity index (χ2v) is 5.51. The molecule has 0 aromatic heterocycles. The minimum absolute atomic E-state index is 0. The lowest BCUT2D eigenvalue weighted by atomic mass is 10.1. The first-order chi connectivity index (χ1) is 9.44. The molecule has 1 aliphatic carbocycles. The van der Waals surface area contributed by atoms with Crippen LogP contribution in [0.25, 0.3) is 0 Å². The van der Waals surface area contributed by atoms with Crippen LogP contribution in [0.4, 0.5) is 13.2 Å². The van der Waals surface area contributed by atoms with Crippen molar-refractivity contribution >= 4 is 18.3 Å². The minimum Gasteiger partial charge on any atom is -0.351 e. The lowest BCUT2D eigenvalue weighted by molar-refractivity contribution is -0.123. The Labute approximate surface area is 126 Å². The smallest absolute Gasteiger partial charge is 0.262 e. The van der Waals surface area contributed by atoms with Crippen LogP contribution in [0.1, 0.15) is 24.3 Å². The molecule has 1 saturated heterocycles. The Hall–Kier alpha value is -1.27. The number of carbonyl (C=O) groups excluding carboxylic acids is 1. The fourth-order valence-corrected chi connectivity index (χ4v) is 2.64. The molecule has 3 rings (SSSR count). The number of alkyl halides is 2. The lowest BCUT2D eigenvalue weighted by Gasteiger charge is -2.11. The van der Waals surface area contributed by atoms with Crippen LogP contribution in [-0.2, 0) is 4.79 Å². The van der Waals surface area contributed by atoms with Gasteiger partial charge in [-0.2, -0.15) is 0 Å². The van der Waals surface area contributed by atoms with Crippen molar-refractivity contribution in [1.29, 1.82) is 0 Å². The van der Waals surface area contributed by atoms with Crippen molar-refractivity contribution in [3.05, 3.63) is 35.6 Å². The number of nitrogens with one attached hydrogen (secondary N) is 2. The van der Waals surface area contributed by atoms with E-state index in [0.717, 1.165) is 12.0 Å². The molecule has 2 aliphatic rings. The van der Waals surface area contributed by atoms with E-state index in [9.17, 15) is 18.0 Å². The average molecular weight is 321 g/mol. The third kappa shape index (κ3) is 3.68. The fourth-order valence-electron chi connectivity index (χ4n) is 2.64. The van der Waals surface area contributed by atoms with E-state index in [0.29, 0.717) is 0 Å². The molecule has 1 aromatic rings. The van der Waals surface area contributed by atoms with Crippen LogP contribution >= 0.6 is 12.4 Å². The first-order valence-electron chi connectivity index (χ1n) is 6.62. The number of hydrogen-bond acceptors (Lipinski definition) is 2. The van der Waals surface area contributed by atoms with Crippen molar-refractivity contribution in [2.75, 3.05) is 6.54 Å². The van der Waals surface area contributed by atoms with Crippen molar-refractivity contribution < 1.29 is 18.0 Å². The van der Waals surface area contributed by atoms with E-state index in [1.54, 1.807) is 6.07 Å². The molecule has 116 valence electrons. The van der Waals surface area contributed by atoms with Crippen molar-refractivity contribution in [3.63, 3.8) is 0 Å². The van der Waals surface area contributed by atoms with Gasteiger partial charge in [0.25, 0.3) is 5.92 Å². The SMILES string of the molecule is Cl.O=C(NC1CC1c1cccc(F)c1)C1CC(F)(F)CN1. The van der Waals surface area contributed by atoms with Crippen LogP contribution in [0.3, 0.4) is 0 Å². The van der Waals surface area contributed by atoms with E-state index < -0.39 is 30.8 Å². The van der Waals surface area contributed by atoms with Gasteiger partial charge in [-0.15, -0.1) is 12.4 Å². The van der Waals surface area contributed by atoms with Crippen molar-refractivity contribution in [1.82, 2.24) is 10.6 Å². The Bertz CT molecular complexity index is 541. The monoisotopic (exact) mass is 320 g/mol. The molecule has 1 saturated carbocycles. The maximum Gasteiger partial charge on any atom is 0.262 e. The largest absolute Gasteiger partial charge is 0.351 e. The summed E-state index contributed by atoms with van der Waals surface area (Å²) in [5, 5.41) is 5.27. The molecule has 0 spiro atoms. The summed E-state index contributed by atoms with van der Waals surface area (Å²) in [5.41, 5.74) is 0.833. The van der Waals surface area contributed by atoms with Crippen LogP contribution < -0.4 is 10.6 Å². The predicted octanol–water partition coefficient (Wildman–Crippen LogP) is 2.22. The normalized spacial score (nSPS) is 29.6. The van der Waals surface area contributed by atoms with Crippen molar-refractivity contribution in [3.8, 4) is 0 Å². The average Bonchev–Trinajstić information content (AvgIpc) is 3.04. The van der Waals surface area contributed by atoms with Gasteiger partial charge in [0.2, 0.25) is 5.91 Å². The van der Waals surface area contributed by atoms with Crippen LogP contribution in [0, 0.1) is 5.82 Å². The van der Waals surface area contributed by atoms with Gasteiger partial charge in [-0.1, -0.05) is 12.1 Å². The van der Waals surface area contributed by atoms with E-state index in [1.807, 2.05) is 6.07 Å². The first-order valence-corrected chi connectivity index (χ1v) is 6.62. The predicted molar refractivity (Wildman–Crippen MR) is 74.3 cm³/mol. The second kappa shape index (κ2) is 5.85. The van der Waals surface area contributed by atoms with Gasteiger partial charge in [0.05, 0.1) is 12.6 Å². The standard InChI is InChI=1S/C14H15F3N2O.ClH/c15-9-3-1-2-8(4-9)10-5-11(10)19-13(20)12-6-14(16,17)7-18-12;/h1-4,10-12,18H,5-7H2,(H,19,20);1H. The fraction of sp³-hybridized carbons (Fsp3) is 0.500. The van der Waals surface area contributed by atoms with Gasteiger partial charge in [-0.05, 0) is 24.1 Å². The van der Waals surface area contributed by atoms with E-state index in [-0.39, 0.29) is 30.2 Å². The Balaban J connectivity index is 0.00000161. The number of carbonyl (C=O) groups is 1. The van der Waals surface area contributed by atoms with Crippen molar-refractivity contribution in [2.24, 2.45) is 0 Å². The summed E-state index contributed by atoms with van der Waals surface area (Å²) in [6.07, 6.45) is 0.258. The van der Waals surface area contributed by atoms with Gasteiger partial charge in [0.1, 0.15) is 5.82 Å². The topological polar surface area (TPSA) is 41.1 Å². The summed E-state index contributed by atoms with van der Waals surface area (Å²) in [5.74, 6) is -3.44. The Morgan fingerprint density at radius 1 is 1.38 bits per heavy atom. The molecule has 2 fully saturated rings. The summed E-state index contributed by atoms with van der Waals surface area (Å²) >= 11 is 0. The van der Waals surface area contributed by atoms with E-state index in [2.05, 4.69) is 10.6 Å². The highest BCUT2D eigenvalue weighted by molar-refractivity contribution is 5.85. The van der Waals surface area contributed by atoms with Gasteiger partial charge in [-0.25, -0.2) is 13.2 Å². The summed E-state index contributed by atoms with van der Waals surface area (Å²) < 4.78 is 39.1. The van der Waals surface area contributed by atoms with Gasteiger partial charge in [-0.3, -0.25) is 10.1 Å². The summed E-state index contributed by atoms with van der Waals surface area (Å²) in [6.45, 7) is -0.455. The third-order valence-electron chi connectivity index (χ3n) is 3.82. The van der Waals surface area contributed by atoms with Crippen LogP contribution in [0.5, 0.6) is 0 Å². The van der Waals surface area contributed by atoms with E-state index in [1.165, 1.54) is 12.1 Å². The molecule has 7 heteroatoms. The summed E-state index contributed by atoms with van der Waals surface area (Å²) in [7, 11) is 0. The molecule has 1 aromatic carbocycles. The Morgan fingerprint density at radius 3 is 2.76 bits per heavy atom. The van der Waals surface area contributed by atoms with Crippen LogP contribution in [0.15, 0.2) is 24.3 Å². The lowest BCUT2D eigenvalue weighted by Crippen LogP contribution is -2.41. The Morgan fingerprint density at radius 2 is 2.14 bits per heavy atom. The highest BCUT2D eigenvalue weighted by Crippen LogP contribution is 2.41. The molecule has 3 unspecified atom stereocenters. The third-order valence-corrected chi connectivity index (χ3v) is 3.82. The highest BCUT2D eigenvalue weighted by atomic mass is 35.5. The number of halogens is 4. The summed E-state index contributed by atoms with van der Waals surface area (Å²) in [6, 6.07) is 5.32. The highest BCUT2D eigenvalue weighted by Gasteiger charge is 2.45. The zero-order chi connectivity index (χ0) is 14.3. The number of amides is 1. The summed E-state index contributed by atoms with van der Waals surface area (Å²) in [4.78, 5) is 11.8. The quantitative estimate of drug-likeness (QED) is 0.896. The molecule has 1 heterocycles. The molecule has 0 radical (unpaired) electrons. The maximum absolute atomic E-state index is 13.1. The van der Waals surface area contributed by atoms with Crippen LogP contribution in [-0.4, -0.2) is 30.5 Å². The molecule has 1 aliphatic heterocycles. The number of rotatable bonds is 3. The first kappa shape index (κ1) is 16.1. The zero-order valence-electron chi connectivity index (χ0n) is 11.1. The zero-order valence-corrected chi connectivity index (χ0v) is 11.9. The van der Waals surface area contributed by atoms with E-state index in [4.69, 9.17) is 0 Å². The van der Waals surface area contributed by atoms with Gasteiger partial charge in [0.15, 0.2) is 0 Å². The van der Waals surface area contributed by atoms with Crippen LogP contribution in [0.2, 0.25) is 0 Å². The molecule has 0 bridgehead atoms. The molecular formula is C14H16ClF3N2O. The van der Waals surface area contributed by atoms with Gasteiger partial charge < -0.3 is 5.32 Å². The molecule has 3 atom stereocenters. The molecule has 3 nitrogen and oxygen atoms in total. The molecule has 2 N–H and O–H groups in total.